The first-order valence-corrected chi connectivity index (χ1v) is 10.2. The molecule has 0 radical (unpaired) electrons. The lowest BCUT2D eigenvalue weighted by molar-refractivity contribution is 0.143. The molecule has 0 unspecified atom stereocenters. The van der Waals surface area contributed by atoms with Crippen LogP contribution < -0.4 is 5.32 Å². The highest BCUT2D eigenvalue weighted by atomic mass is 16.5. The fourth-order valence-electron chi connectivity index (χ4n) is 3.99. The molecule has 0 atom stereocenters. The van der Waals surface area contributed by atoms with Crippen LogP contribution in [-0.2, 0) is 4.74 Å². The summed E-state index contributed by atoms with van der Waals surface area (Å²) in [4.78, 5) is 12.2. The molecule has 0 saturated carbocycles. The van der Waals surface area contributed by atoms with Crippen molar-refractivity contribution in [1.29, 1.82) is 0 Å². The van der Waals surface area contributed by atoms with Crippen LogP contribution in [0.15, 0.2) is 72.8 Å². The van der Waals surface area contributed by atoms with Gasteiger partial charge >= 0.3 is 6.09 Å². The van der Waals surface area contributed by atoms with E-state index in [-0.39, 0.29) is 11.7 Å². The van der Waals surface area contributed by atoms with Crippen molar-refractivity contribution in [2.24, 2.45) is 0 Å². The van der Waals surface area contributed by atoms with Crippen LogP contribution >= 0.6 is 0 Å². The Labute approximate surface area is 176 Å². The number of benzene rings is 3. The first kappa shape index (κ1) is 19.8. The lowest BCUT2D eigenvalue weighted by Gasteiger charge is -2.14. The number of aromatic hydroxyl groups is 1. The van der Waals surface area contributed by atoms with Crippen molar-refractivity contribution >= 4 is 12.2 Å². The van der Waals surface area contributed by atoms with Crippen LogP contribution in [0.3, 0.4) is 0 Å². The predicted octanol–water partition coefficient (Wildman–Crippen LogP) is 5.64. The van der Waals surface area contributed by atoms with Crippen LogP contribution in [-0.4, -0.2) is 24.4 Å². The van der Waals surface area contributed by atoms with Gasteiger partial charge in [0.2, 0.25) is 0 Å². The second kappa shape index (κ2) is 8.87. The summed E-state index contributed by atoms with van der Waals surface area (Å²) < 4.78 is 5.53. The third-order valence-corrected chi connectivity index (χ3v) is 5.51. The fourth-order valence-corrected chi connectivity index (χ4v) is 3.99. The first-order valence-electron chi connectivity index (χ1n) is 10.2. The zero-order valence-corrected chi connectivity index (χ0v) is 17.0. The van der Waals surface area contributed by atoms with E-state index in [1.807, 2.05) is 55.5 Å². The number of alkyl carbamates (subject to hydrolysis) is 1. The summed E-state index contributed by atoms with van der Waals surface area (Å²) in [5.74, 6) is 0.322. The number of nitrogens with one attached hydrogen (secondary N) is 1. The molecule has 0 aliphatic heterocycles. The number of aryl methyl sites for hydroxylation is 1. The van der Waals surface area contributed by atoms with Crippen LogP contribution in [0.2, 0.25) is 0 Å². The molecule has 1 amide bonds. The zero-order chi connectivity index (χ0) is 20.9. The topological polar surface area (TPSA) is 58.6 Å². The molecule has 0 spiro atoms. The normalized spacial score (nSPS) is 12.6. The molecule has 2 N–H and O–H groups in total. The van der Waals surface area contributed by atoms with Gasteiger partial charge < -0.3 is 15.2 Å². The maximum absolute atomic E-state index is 12.2. The van der Waals surface area contributed by atoms with Crippen LogP contribution in [0, 0.1) is 6.92 Å². The van der Waals surface area contributed by atoms with Gasteiger partial charge in [0.25, 0.3) is 0 Å². The summed E-state index contributed by atoms with van der Waals surface area (Å²) in [6, 6.07) is 22.0. The van der Waals surface area contributed by atoms with E-state index in [9.17, 15) is 9.90 Å². The Hall–Kier alpha value is -3.53. The van der Waals surface area contributed by atoms with Gasteiger partial charge in [0.05, 0.1) is 0 Å². The summed E-state index contributed by atoms with van der Waals surface area (Å²) in [7, 11) is 0. The van der Waals surface area contributed by atoms with Crippen molar-refractivity contribution in [2.75, 3.05) is 13.2 Å². The molecule has 4 rings (SSSR count). The Morgan fingerprint density at radius 1 is 1.00 bits per heavy atom. The molecule has 0 bridgehead atoms. The Bertz CT molecular complexity index is 1020. The van der Waals surface area contributed by atoms with Crippen LogP contribution in [0.1, 0.15) is 34.6 Å². The molecule has 0 aromatic heterocycles. The standard InChI is InChI=1S/C26H25NO3/c1-18-9-8-15-25(28)19(18)10-6-7-16-27-26(29)30-17-24-22-13-4-2-11-20(22)21-12-3-5-14-23(21)24/h2-6,8-15,24,28H,7,16-17H2,1H3,(H,27,29). The second-order valence-electron chi connectivity index (χ2n) is 7.45. The third-order valence-electron chi connectivity index (χ3n) is 5.51. The minimum atomic E-state index is -0.413. The summed E-state index contributed by atoms with van der Waals surface area (Å²) in [5, 5.41) is 12.7. The van der Waals surface area contributed by atoms with Gasteiger partial charge in [-0.1, -0.05) is 72.8 Å². The fraction of sp³-hybridized carbons (Fsp3) is 0.192. The third kappa shape index (κ3) is 4.08. The summed E-state index contributed by atoms with van der Waals surface area (Å²) in [6.45, 7) is 2.74. The Morgan fingerprint density at radius 3 is 2.33 bits per heavy atom. The minimum Gasteiger partial charge on any atom is -0.507 e. The average Bonchev–Trinajstić information content (AvgIpc) is 3.08. The molecule has 0 fully saturated rings. The van der Waals surface area contributed by atoms with Gasteiger partial charge in [0.15, 0.2) is 0 Å². The zero-order valence-electron chi connectivity index (χ0n) is 17.0. The number of amides is 1. The largest absolute Gasteiger partial charge is 0.507 e. The smallest absolute Gasteiger partial charge is 0.407 e. The minimum absolute atomic E-state index is 0.0621. The summed E-state index contributed by atoms with van der Waals surface area (Å²) in [6.07, 6.45) is 4.05. The molecule has 0 saturated heterocycles. The van der Waals surface area contributed by atoms with E-state index in [1.165, 1.54) is 22.3 Å². The van der Waals surface area contributed by atoms with E-state index >= 15 is 0 Å². The number of ether oxygens (including phenoxy) is 1. The summed E-state index contributed by atoms with van der Waals surface area (Å²) in [5.41, 5.74) is 6.65. The average molecular weight is 399 g/mol. The molecular weight excluding hydrogens is 374 g/mol. The number of phenolic OH excluding ortho intramolecular Hbond substituents is 1. The lowest BCUT2D eigenvalue weighted by Crippen LogP contribution is -2.26. The van der Waals surface area contributed by atoms with Gasteiger partial charge in [-0.05, 0) is 47.2 Å². The Morgan fingerprint density at radius 2 is 1.67 bits per heavy atom. The number of rotatable bonds is 6. The predicted molar refractivity (Wildman–Crippen MR) is 120 cm³/mol. The SMILES string of the molecule is Cc1cccc(O)c1C=CCCNC(=O)OCC1c2ccccc2-c2ccccc21. The molecular formula is C26H25NO3. The number of phenols is 1. The van der Waals surface area contributed by atoms with E-state index in [1.54, 1.807) is 6.07 Å². The van der Waals surface area contributed by atoms with Crippen molar-refractivity contribution < 1.29 is 14.6 Å². The molecule has 152 valence electrons. The number of carbonyl (C=O) groups excluding carboxylic acids is 1. The Balaban J connectivity index is 1.29. The van der Waals surface area contributed by atoms with Crippen LogP contribution in [0.25, 0.3) is 17.2 Å². The number of hydrogen-bond donors (Lipinski definition) is 2. The van der Waals surface area contributed by atoms with Crippen molar-refractivity contribution in [3.05, 3.63) is 95.1 Å². The van der Waals surface area contributed by atoms with Crippen molar-refractivity contribution in [1.82, 2.24) is 5.32 Å². The van der Waals surface area contributed by atoms with E-state index in [0.717, 1.165) is 11.1 Å². The molecule has 1 aliphatic rings. The number of hydrogen-bond acceptors (Lipinski definition) is 3. The molecule has 3 aromatic rings. The lowest BCUT2D eigenvalue weighted by atomic mass is 9.98. The monoisotopic (exact) mass is 399 g/mol. The van der Waals surface area contributed by atoms with E-state index in [0.29, 0.717) is 19.6 Å². The highest BCUT2D eigenvalue weighted by Gasteiger charge is 2.28. The molecule has 30 heavy (non-hydrogen) atoms. The Kier molecular flexibility index (Phi) is 5.84. The molecule has 4 heteroatoms. The van der Waals surface area contributed by atoms with Crippen LogP contribution in [0.4, 0.5) is 4.79 Å². The van der Waals surface area contributed by atoms with Gasteiger partial charge in [-0.3, -0.25) is 0 Å². The molecule has 1 aliphatic carbocycles. The van der Waals surface area contributed by atoms with Crippen LogP contribution in [0.5, 0.6) is 5.75 Å². The van der Waals surface area contributed by atoms with Gasteiger partial charge in [0.1, 0.15) is 12.4 Å². The first-order chi connectivity index (χ1) is 14.6. The van der Waals surface area contributed by atoms with E-state index < -0.39 is 6.09 Å². The van der Waals surface area contributed by atoms with E-state index in [2.05, 4.69) is 29.6 Å². The quantitative estimate of drug-likeness (QED) is 0.527. The van der Waals surface area contributed by atoms with Gasteiger partial charge in [-0.2, -0.15) is 0 Å². The maximum atomic E-state index is 12.2. The van der Waals surface area contributed by atoms with Crippen molar-refractivity contribution in [3.63, 3.8) is 0 Å². The molecule has 3 aromatic carbocycles. The number of carbonyl (C=O) groups is 1. The summed E-state index contributed by atoms with van der Waals surface area (Å²) >= 11 is 0. The number of fused-ring (bicyclic) bond motifs is 3. The van der Waals surface area contributed by atoms with Gasteiger partial charge in [-0.15, -0.1) is 0 Å². The van der Waals surface area contributed by atoms with Gasteiger partial charge in [0, 0.05) is 18.0 Å². The van der Waals surface area contributed by atoms with Gasteiger partial charge in [-0.25, -0.2) is 4.79 Å². The highest BCUT2D eigenvalue weighted by Crippen LogP contribution is 2.44. The van der Waals surface area contributed by atoms with Crippen molar-refractivity contribution in [3.8, 4) is 16.9 Å². The van der Waals surface area contributed by atoms with Crippen molar-refractivity contribution in [2.45, 2.75) is 19.3 Å². The molecule has 4 nitrogen and oxygen atoms in total. The second-order valence-corrected chi connectivity index (χ2v) is 7.45. The van der Waals surface area contributed by atoms with E-state index in [4.69, 9.17) is 4.74 Å². The maximum Gasteiger partial charge on any atom is 0.407 e. The molecule has 0 heterocycles. The highest BCUT2D eigenvalue weighted by molar-refractivity contribution is 5.79.